The Morgan fingerprint density at radius 3 is 1.83 bits per heavy atom. The molecule has 1 N–H and O–H groups in total. The Labute approximate surface area is 45.8 Å². The molecule has 0 aliphatic heterocycles. The molecule has 0 aliphatic carbocycles. The van der Waals surface area contributed by atoms with Crippen LogP contribution in [0.4, 0.5) is 0 Å². The second kappa shape index (κ2) is 18.6. The van der Waals surface area contributed by atoms with Gasteiger partial charge in [0.25, 0.3) is 0 Å². The van der Waals surface area contributed by atoms with Gasteiger partial charge in [-0.1, -0.05) is 6.92 Å². The van der Waals surface area contributed by atoms with E-state index in [1.807, 2.05) is 6.92 Å². The van der Waals surface area contributed by atoms with Gasteiger partial charge >= 0.3 is 20.0 Å². The van der Waals surface area contributed by atoms with Crippen molar-refractivity contribution >= 4 is 0 Å². The topological polar surface area (TPSA) is 37.3 Å². The van der Waals surface area contributed by atoms with E-state index in [-0.39, 0.29) is 0 Å². The van der Waals surface area contributed by atoms with Crippen molar-refractivity contribution in [3.8, 4) is 0 Å². The summed E-state index contributed by atoms with van der Waals surface area (Å²) in [6.45, 7) is 2.25. The monoisotopic (exact) mass is 128 g/mol. The van der Waals surface area contributed by atoms with E-state index in [0.29, 0.717) is 6.61 Å². The SMILES string of the molecule is CCCO.[O]=[Cr]. The number of hydrogen-bond donors (Lipinski definition) is 1. The van der Waals surface area contributed by atoms with Gasteiger partial charge in [0.15, 0.2) is 0 Å². The quantitative estimate of drug-likeness (QED) is 0.550. The molecule has 0 aromatic rings. The van der Waals surface area contributed by atoms with Gasteiger partial charge in [-0.05, 0) is 6.42 Å². The van der Waals surface area contributed by atoms with E-state index in [0.717, 1.165) is 6.42 Å². The number of aliphatic hydroxyl groups is 1. The van der Waals surface area contributed by atoms with Crippen LogP contribution in [0, 0.1) is 0 Å². The molecule has 0 radical (unpaired) electrons. The number of rotatable bonds is 1. The van der Waals surface area contributed by atoms with Gasteiger partial charge in [-0.15, -0.1) is 0 Å². The third kappa shape index (κ3) is 27.9. The molecule has 0 aliphatic rings. The van der Waals surface area contributed by atoms with Crippen LogP contribution in [0.15, 0.2) is 0 Å². The number of aliphatic hydroxyl groups excluding tert-OH is 1. The molecule has 2 nitrogen and oxygen atoms in total. The van der Waals surface area contributed by atoms with Gasteiger partial charge in [0.05, 0.1) is 0 Å². The summed E-state index contributed by atoms with van der Waals surface area (Å²) in [6, 6.07) is 0. The zero-order chi connectivity index (χ0) is 5.41. The predicted molar refractivity (Wildman–Crippen MR) is 18.1 cm³/mol. The average Bonchev–Trinajstić information content (AvgIpc) is 1.72. The van der Waals surface area contributed by atoms with Gasteiger partial charge in [-0.25, -0.2) is 0 Å². The van der Waals surface area contributed by atoms with Crippen LogP contribution in [0.1, 0.15) is 13.3 Å². The molecule has 0 rings (SSSR count). The Kier molecular flexibility index (Phi) is 29.6. The van der Waals surface area contributed by atoms with Crippen molar-refractivity contribution in [2.24, 2.45) is 0 Å². The van der Waals surface area contributed by atoms with Gasteiger partial charge in [-0.3, -0.25) is 0 Å². The van der Waals surface area contributed by atoms with E-state index in [9.17, 15) is 0 Å². The van der Waals surface area contributed by atoms with Crippen molar-refractivity contribution in [2.75, 3.05) is 6.61 Å². The Balaban J connectivity index is 0. The molecular weight excluding hydrogens is 120 g/mol. The first-order chi connectivity index (χ1) is 2.91. The van der Waals surface area contributed by atoms with Crippen LogP contribution in [-0.2, 0) is 20.0 Å². The Bertz CT molecular complexity index is 16.3. The van der Waals surface area contributed by atoms with E-state index in [1.165, 1.54) is 16.2 Å². The molecule has 0 amide bonds. The van der Waals surface area contributed by atoms with Gasteiger partial charge < -0.3 is 5.11 Å². The van der Waals surface area contributed by atoms with Crippen molar-refractivity contribution in [2.45, 2.75) is 13.3 Å². The molecule has 6 heavy (non-hydrogen) atoms. The second-order valence-electron chi connectivity index (χ2n) is 0.724. The maximum absolute atomic E-state index is 8.12. The first-order valence-corrected chi connectivity index (χ1v) is 2.21. The van der Waals surface area contributed by atoms with E-state index in [4.69, 9.17) is 8.91 Å². The molecule has 3 heteroatoms. The number of hydrogen-bond acceptors (Lipinski definition) is 2. The van der Waals surface area contributed by atoms with Gasteiger partial charge in [0.1, 0.15) is 0 Å². The van der Waals surface area contributed by atoms with E-state index < -0.39 is 0 Å². The van der Waals surface area contributed by atoms with Crippen LogP contribution >= 0.6 is 0 Å². The molecule has 0 bridgehead atoms. The van der Waals surface area contributed by atoms with Crippen LogP contribution in [0.5, 0.6) is 0 Å². The first kappa shape index (κ1) is 9.57. The van der Waals surface area contributed by atoms with E-state index in [2.05, 4.69) is 0 Å². The standard InChI is InChI=1S/C3H8O.Cr.O/c1-2-3-4;;/h4H,2-3H2,1H3;;. The molecule has 0 heterocycles. The molecule has 0 aromatic heterocycles. The average molecular weight is 128 g/mol. The third-order valence-corrected chi connectivity index (χ3v) is 0.224. The zero-order valence-corrected chi connectivity index (χ0v) is 4.95. The summed E-state index contributed by atoms with van der Waals surface area (Å²) in [5, 5.41) is 7.88. The third-order valence-electron chi connectivity index (χ3n) is 0.224. The van der Waals surface area contributed by atoms with Gasteiger partial charge in [-0.2, -0.15) is 0 Å². The van der Waals surface area contributed by atoms with Crippen molar-refractivity contribution in [1.29, 1.82) is 0 Å². The van der Waals surface area contributed by atoms with Crippen molar-refractivity contribution in [3.63, 3.8) is 0 Å². The molecular formula is C3H8CrO2. The fourth-order valence-electron chi connectivity index (χ4n) is 0. The summed E-state index contributed by atoms with van der Waals surface area (Å²) in [5.74, 6) is 0. The van der Waals surface area contributed by atoms with Crippen LogP contribution < -0.4 is 0 Å². The Hall–Kier alpha value is 0.292. The van der Waals surface area contributed by atoms with E-state index in [1.54, 1.807) is 0 Å². The molecule has 0 unspecified atom stereocenters. The summed E-state index contributed by atoms with van der Waals surface area (Å²) < 4.78 is 8.12. The maximum atomic E-state index is 8.12. The summed E-state index contributed by atoms with van der Waals surface area (Å²) in [6.07, 6.45) is 0.875. The molecule has 0 atom stereocenters. The van der Waals surface area contributed by atoms with Crippen molar-refractivity contribution in [1.82, 2.24) is 0 Å². The Morgan fingerprint density at radius 1 is 1.67 bits per heavy atom. The molecule has 0 fully saturated rings. The summed E-state index contributed by atoms with van der Waals surface area (Å²) in [7, 11) is 0. The predicted octanol–water partition coefficient (Wildman–Crippen LogP) is 0.267. The van der Waals surface area contributed by atoms with Gasteiger partial charge in [0.2, 0.25) is 0 Å². The molecule has 0 saturated carbocycles. The summed E-state index contributed by atoms with van der Waals surface area (Å²) in [4.78, 5) is 0. The van der Waals surface area contributed by atoms with Crippen LogP contribution in [0.3, 0.4) is 0 Å². The van der Waals surface area contributed by atoms with Crippen molar-refractivity contribution in [3.05, 3.63) is 0 Å². The fraction of sp³-hybridized carbons (Fsp3) is 1.00. The second-order valence-corrected chi connectivity index (χ2v) is 0.724. The molecule has 0 spiro atoms. The summed E-state index contributed by atoms with van der Waals surface area (Å²) >= 11 is 1.38. The van der Waals surface area contributed by atoms with E-state index >= 15 is 0 Å². The Morgan fingerprint density at radius 2 is 1.83 bits per heavy atom. The first-order valence-electron chi connectivity index (χ1n) is 1.69. The summed E-state index contributed by atoms with van der Waals surface area (Å²) in [5.41, 5.74) is 0. The zero-order valence-electron chi connectivity index (χ0n) is 3.68. The van der Waals surface area contributed by atoms with Gasteiger partial charge in [0, 0.05) is 6.61 Å². The fourth-order valence-corrected chi connectivity index (χ4v) is 0. The molecule has 0 aromatic carbocycles. The van der Waals surface area contributed by atoms with Crippen LogP contribution in [-0.4, -0.2) is 11.7 Å². The van der Waals surface area contributed by atoms with Crippen LogP contribution in [0.2, 0.25) is 0 Å². The molecule has 38 valence electrons. The van der Waals surface area contributed by atoms with Crippen LogP contribution in [0.25, 0.3) is 0 Å². The normalized spacial score (nSPS) is 5.67. The minimum absolute atomic E-state index is 0.319. The molecule has 0 saturated heterocycles. The minimum atomic E-state index is 0.319. The van der Waals surface area contributed by atoms with Crippen molar-refractivity contribution < 1.29 is 25.1 Å².